The number of ether oxygens (including phenoxy) is 2. The van der Waals surface area contributed by atoms with Crippen molar-refractivity contribution >= 4 is 25.5 Å². The van der Waals surface area contributed by atoms with Crippen molar-refractivity contribution in [2.45, 2.75) is 129 Å². The minimum absolute atomic E-state index is 0.0187. The lowest BCUT2D eigenvalue weighted by molar-refractivity contribution is -0.870. The van der Waals surface area contributed by atoms with Gasteiger partial charge in [-0.25, -0.2) is 0 Å². The van der Waals surface area contributed by atoms with Crippen LogP contribution in [0.5, 0.6) is 0 Å². The number of aliphatic hydroxyl groups excluding tert-OH is 1. The largest absolute Gasteiger partial charge is 0.756 e. The fourth-order valence-corrected chi connectivity index (χ4v) is 6.52. The number of phosphoric ester groups is 1. The number of phosphoric acid groups is 1. The highest BCUT2D eigenvalue weighted by Gasteiger charge is 2.27. The summed E-state index contributed by atoms with van der Waals surface area (Å²) in [6, 6.07) is 0. The van der Waals surface area contributed by atoms with Crippen LogP contribution in [0, 0.1) is 11.8 Å². The second-order valence-corrected chi connectivity index (χ2v) is 17.4. The van der Waals surface area contributed by atoms with Gasteiger partial charge in [-0.05, 0) is 82.6 Å². The van der Waals surface area contributed by atoms with Crippen LogP contribution in [0.2, 0.25) is 0 Å². The molecule has 0 spiro atoms. The van der Waals surface area contributed by atoms with Crippen LogP contribution in [-0.2, 0) is 37.5 Å². The third-order valence-electron chi connectivity index (χ3n) is 9.34. The Balaban J connectivity index is 2.52. The van der Waals surface area contributed by atoms with E-state index in [-0.39, 0.29) is 43.7 Å². The molecule has 0 saturated heterocycles. The summed E-state index contributed by atoms with van der Waals surface area (Å²) in [6.45, 7) is 3.68. The summed E-state index contributed by atoms with van der Waals surface area (Å²) in [5, 5.41) is 10.2. The average Bonchev–Trinajstić information content (AvgIpc) is 3.55. The first-order valence-corrected chi connectivity index (χ1v) is 23.5. The van der Waals surface area contributed by atoms with Crippen LogP contribution in [0.1, 0.15) is 117 Å². The molecule has 338 valence electrons. The molecule has 1 aliphatic rings. The number of carbonyl (C=O) groups excluding carboxylic acids is 3. The maximum atomic E-state index is 12.7. The molecule has 0 bridgehead atoms. The summed E-state index contributed by atoms with van der Waals surface area (Å²) in [5.41, 5.74) is 0. The van der Waals surface area contributed by atoms with E-state index in [1.54, 1.807) is 12.2 Å². The Bertz CT molecular complexity index is 1490. The number of rotatable bonds is 35. The Hall–Kier alpha value is -3.44. The van der Waals surface area contributed by atoms with E-state index in [1.165, 1.54) is 0 Å². The van der Waals surface area contributed by atoms with E-state index in [1.807, 2.05) is 57.6 Å². The van der Waals surface area contributed by atoms with Crippen molar-refractivity contribution in [3.8, 4) is 0 Å². The molecule has 0 aromatic rings. The Morgan fingerprint density at radius 1 is 0.800 bits per heavy atom. The molecule has 1 aliphatic carbocycles. The van der Waals surface area contributed by atoms with Gasteiger partial charge in [-0.2, -0.15) is 0 Å². The highest BCUT2D eigenvalue weighted by atomic mass is 31.2. The van der Waals surface area contributed by atoms with Gasteiger partial charge in [-0.3, -0.25) is 18.9 Å². The third-order valence-corrected chi connectivity index (χ3v) is 10.3. The maximum absolute atomic E-state index is 12.7. The lowest BCUT2D eigenvalue weighted by atomic mass is 9.90. The number of unbranched alkanes of at least 4 members (excludes halogenated alkanes) is 4. The van der Waals surface area contributed by atoms with Gasteiger partial charge in [0, 0.05) is 18.8 Å². The van der Waals surface area contributed by atoms with Crippen LogP contribution < -0.4 is 4.89 Å². The summed E-state index contributed by atoms with van der Waals surface area (Å²) < 4.78 is 33.8. The lowest BCUT2D eigenvalue weighted by Crippen LogP contribution is -2.37. The van der Waals surface area contributed by atoms with E-state index in [9.17, 15) is 28.9 Å². The first kappa shape index (κ1) is 54.6. The van der Waals surface area contributed by atoms with Crippen molar-refractivity contribution in [1.82, 2.24) is 0 Å². The Morgan fingerprint density at radius 3 is 1.98 bits per heavy atom. The summed E-state index contributed by atoms with van der Waals surface area (Å²) in [6.07, 6.45) is 42.2. The topological polar surface area (TPSA) is 148 Å². The number of ketones is 1. The molecule has 0 amide bonds. The predicted molar refractivity (Wildman–Crippen MR) is 240 cm³/mol. The normalized spacial score (nSPS) is 18.4. The minimum Gasteiger partial charge on any atom is -0.756 e. The zero-order valence-corrected chi connectivity index (χ0v) is 38.1. The molecule has 0 fully saturated rings. The molecule has 0 aromatic heterocycles. The lowest BCUT2D eigenvalue weighted by Gasteiger charge is -2.28. The zero-order chi connectivity index (χ0) is 44.3. The fourth-order valence-electron chi connectivity index (χ4n) is 5.80. The molecular weight excluding hydrogens is 781 g/mol. The van der Waals surface area contributed by atoms with Crippen molar-refractivity contribution in [1.29, 1.82) is 0 Å². The number of likely N-dealkylation sites (N-methyl/N-ethyl adjacent to an activating group) is 1. The van der Waals surface area contributed by atoms with Crippen LogP contribution in [0.25, 0.3) is 0 Å². The smallest absolute Gasteiger partial charge is 0.306 e. The molecule has 0 heterocycles. The SMILES string of the molecule is CC/C=C\C/C=C\C/C=C\C/C=C\C/C=C\CCCC(=O)O[C@H](COC(=O)CCC/C=C\C[C@H]1C=CC(=O)[C@@H]1/C=C/[C@@H](O)CCCCC)COP(=O)([O-])OCC[N+](C)(C)C. The Labute approximate surface area is 361 Å². The van der Waals surface area contributed by atoms with E-state index in [0.29, 0.717) is 49.6 Å². The van der Waals surface area contributed by atoms with Gasteiger partial charge in [0.2, 0.25) is 0 Å². The second kappa shape index (κ2) is 34.2. The van der Waals surface area contributed by atoms with E-state index in [0.717, 1.165) is 51.4 Å². The van der Waals surface area contributed by atoms with Crippen LogP contribution >= 0.6 is 7.82 Å². The molecule has 1 unspecified atom stereocenters. The number of esters is 2. The van der Waals surface area contributed by atoms with Crippen LogP contribution in [0.15, 0.2) is 97.2 Å². The summed E-state index contributed by atoms with van der Waals surface area (Å²) >= 11 is 0. The summed E-state index contributed by atoms with van der Waals surface area (Å²) in [5.74, 6) is -1.30. The second-order valence-electron chi connectivity index (χ2n) is 16.0. The van der Waals surface area contributed by atoms with Gasteiger partial charge < -0.3 is 33.0 Å². The molecule has 0 saturated carbocycles. The molecule has 1 N–H and O–H groups in total. The van der Waals surface area contributed by atoms with E-state index < -0.39 is 38.6 Å². The molecule has 1 rings (SSSR count). The number of hydrogen-bond donors (Lipinski definition) is 1. The van der Waals surface area contributed by atoms with E-state index in [2.05, 4.69) is 62.5 Å². The van der Waals surface area contributed by atoms with Gasteiger partial charge in [-0.1, -0.05) is 124 Å². The van der Waals surface area contributed by atoms with Crippen molar-refractivity contribution in [2.24, 2.45) is 11.8 Å². The summed E-state index contributed by atoms with van der Waals surface area (Å²) in [4.78, 5) is 50.1. The van der Waals surface area contributed by atoms with Crippen molar-refractivity contribution in [3.63, 3.8) is 0 Å². The molecule has 0 radical (unpaired) electrons. The maximum Gasteiger partial charge on any atom is 0.306 e. The van der Waals surface area contributed by atoms with Crippen molar-refractivity contribution < 1.29 is 52.0 Å². The third kappa shape index (κ3) is 31.4. The number of allylic oxidation sites excluding steroid dienone is 15. The van der Waals surface area contributed by atoms with Crippen LogP contribution in [0.3, 0.4) is 0 Å². The number of quaternary nitrogens is 1. The quantitative estimate of drug-likeness (QED) is 0.0215. The minimum atomic E-state index is -4.70. The van der Waals surface area contributed by atoms with E-state index in [4.69, 9.17) is 18.5 Å². The molecule has 0 aliphatic heterocycles. The van der Waals surface area contributed by atoms with Gasteiger partial charge in [0.15, 0.2) is 11.9 Å². The molecule has 5 atom stereocenters. The fraction of sp³-hybridized carbons (Fsp3) is 0.604. The van der Waals surface area contributed by atoms with Gasteiger partial charge in [-0.15, -0.1) is 0 Å². The number of nitrogens with zero attached hydrogens (tertiary/aromatic N) is 1. The molecule has 12 heteroatoms. The molecule has 0 aromatic carbocycles. The standard InChI is InChI=1S/C48H76NO10P/c1-6-8-10-11-12-13-14-15-16-17-18-19-20-21-22-23-29-33-48(53)59-44(41-58-60(54,55)57-39-38-49(3,4)5)40-56-47(52)32-28-25-24-27-30-42-34-37-46(51)45(42)36-35-43(50)31-26-9-7-2/h8,10,12-13,15-16,18-19,21-22,24,27,34-37,42-45,50H,6-7,9,11,14,17,20,23,25-26,28-33,38-41H2,1-5H3/b10-8-,13-12-,16-15-,19-18-,22-21-,27-24-,36-35+/t42-,43-,44+,45+/m0/s1. The molecule has 11 nitrogen and oxygen atoms in total. The highest BCUT2D eigenvalue weighted by Crippen LogP contribution is 2.38. The monoisotopic (exact) mass is 858 g/mol. The Morgan fingerprint density at radius 2 is 1.38 bits per heavy atom. The number of hydrogen-bond acceptors (Lipinski definition) is 10. The van der Waals surface area contributed by atoms with Gasteiger partial charge in [0.1, 0.15) is 19.8 Å². The first-order chi connectivity index (χ1) is 28.8. The first-order valence-electron chi connectivity index (χ1n) is 22.0. The van der Waals surface area contributed by atoms with Crippen molar-refractivity contribution in [3.05, 3.63) is 97.2 Å². The van der Waals surface area contributed by atoms with Gasteiger partial charge in [0.25, 0.3) is 7.82 Å². The van der Waals surface area contributed by atoms with Gasteiger partial charge in [0.05, 0.1) is 33.9 Å². The van der Waals surface area contributed by atoms with Crippen LogP contribution in [0.4, 0.5) is 0 Å². The number of carbonyl (C=O) groups is 3. The average molecular weight is 858 g/mol. The Kier molecular flexibility index (Phi) is 31.1. The molecule has 60 heavy (non-hydrogen) atoms. The molecular formula is C48H76NO10P. The van der Waals surface area contributed by atoms with Gasteiger partial charge >= 0.3 is 11.9 Å². The summed E-state index contributed by atoms with van der Waals surface area (Å²) in [7, 11) is 1.00. The predicted octanol–water partition coefficient (Wildman–Crippen LogP) is 9.56. The van der Waals surface area contributed by atoms with Crippen molar-refractivity contribution in [2.75, 3.05) is 47.5 Å². The zero-order valence-electron chi connectivity index (χ0n) is 37.2. The highest BCUT2D eigenvalue weighted by molar-refractivity contribution is 7.45. The van der Waals surface area contributed by atoms with Crippen LogP contribution in [-0.4, -0.2) is 87.0 Å². The number of aliphatic hydroxyl groups is 1. The van der Waals surface area contributed by atoms with E-state index >= 15 is 0 Å².